The second-order valence-electron chi connectivity index (χ2n) is 3.70. The zero-order chi connectivity index (χ0) is 11.2. The van der Waals surface area contributed by atoms with Crippen molar-refractivity contribution in [1.82, 2.24) is 9.97 Å². The van der Waals surface area contributed by atoms with Crippen molar-refractivity contribution in [2.75, 3.05) is 0 Å². The number of sulfone groups is 1. The van der Waals surface area contributed by atoms with Crippen LogP contribution in [-0.2, 0) is 21.3 Å². The van der Waals surface area contributed by atoms with E-state index in [1.807, 2.05) is 0 Å². The quantitative estimate of drug-likeness (QED) is 0.657. The van der Waals surface area contributed by atoms with Gasteiger partial charge in [0.25, 0.3) is 5.56 Å². The zero-order valence-electron chi connectivity index (χ0n) is 8.15. The topological polar surface area (TPSA) is 106 Å². The van der Waals surface area contributed by atoms with Crippen molar-refractivity contribution in [1.29, 1.82) is 0 Å². The number of H-pyrrole nitrogens is 1. The predicted octanol–water partition coefficient (Wildman–Crippen LogP) is -0.782. The molecule has 0 aromatic carbocycles. The lowest BCUT2D eigenvalue weighted by molar-refractivity contribution is 0.597. The van der Waals surface area contributed by atoms with Gasteiger partial charge in [-0.2, -0.15) is 0 Å². The molecule has 1 aliphatic heterocycles. The van der Waals surface area contributed by atoms with Gasteiger partial charge in [-0.05, 0) is 6.92 Å². The summed E-state index contributed by atoms with van der Waals surface area (Å²) in [7, 11) is -3.19. The van der Waals surface area contributed by atoms with Crippen LogP contribution < -0.4 is 11.3 Å². The first-order chi connectivity index (χ1) is 6.89. The van der Waals surface area contributed by atoms with Gasteiger partial charge in [0.15, 0.2) is 9.84 Å². The molecule has 0 saturated heterocycles. The standard InChI is InChI=1S/C8H11N3O3S/c1-4(9)7-10-6-3-15(13,14)2-5(6)8(12)11-7/h4H,2-3,9H2,1H3,(H,10,11,12). The minimum absolute atomic E-state index is 0.161. The number of aromatic amines is 1. The molecule has 0 amide bonds. The van der Waals surface area contributed by atoms with Crippen LogP contribution in [-0.4, -0.2) is 18.4 Å². The van der Waals surface area contributed by atoms with Crippen molar-refractivity contribution < 1.29 is 8.42 Å². The highest BCUT2D eigenvalue weighted by Crippen LogP contribution is 2.20. The fourth-order valence-corrected chi connectivity index (χ4v) is 3.02. The second-order valence-corrected chi connectivity index (χ2v) is 5.76. The molecule has 0 fully saturated rings. The molecule has 15 heavy (non-hydrogen) atoms. The first-order valence-corrected chi connectivity index (χ1v) is 6.29. The van der Waals surface area contributed by atoms with Gasteiger partial charge in [0, 0.05) is 0 Å². The van der Waals surface area contributed by atoms with Gasteiger partial charge < -0.3 is 10.7 Å². The summed E-state index contributed by atoms with van der Waals surface area (Å²) < 4.78 is 22.6. The highest BCUT2D eigenvalue weighted by molar-refractivity contribution is 7.90. The van der Waals surface area contributed by atoms with Crippen LogP contribution in [0.4, 0.5) is 0 Å². The molecule has 6 nitrogen and oxygen atoms in total. The van der Waals surface area contributed by atoms with Crippen molar-refractivity contribution in [3.05, 3.63) is 27.4 Å². The Kier molecular flexibility index (Phi) is 2.16. The van der Waals surface area contributed by atoms with E-state index in [2.05, 4.69) is 9.97 Å². The molecule has 1 aliphatic rings. The molecular weight excluding hydrogens is 218 g/mol. The number of rotatable bonds is 1. The predicted molar refractivity (Wildman–Crippen MR) is 53.8 cm³/mol. The molecule has 1 aromatic heterocycles. The first-order valence-electron chi connectivity index (χ1n) is 4.47. The van der Waals surface area contributed by atoms with Crippen molar-refractivity contribution in [2.45, 2.75) is 24.5 Å². The Labute approximate surface area is 86.5 Å². The second kappa shape index (κ2) is 3.14. The number of nitrogens with one attached hydrogen (secondary N) is 1. The van der Waals surface area contributed by atoms with E-state index in [-0.39, 0.29) is 17.1 Å². The van der Waals surface area contributed by atoms with Gasteiger partial charge in [-0.15, -0.1) is 0 Å². The number of nitrogens with zero attached hydrogens (tertiary/aromatic N) is 1. The summed E-state index contributed by atoms with van der Waals surface area (Å²) in [5, 5.41) is 0. The third-order valence-electron chi connectivity index (χ3n) is 2.27. The number of nitrogens with two attached hydrogens (primary N) is 1. The maximum Gasteiger partial charge on any atom is 0.255 e. The Bertz CT molecular complexity index is 559. The lowest BCUT2D eigenvalue weighted by atomic mass is 10.2. The van der Waals surface area contributed by atoms with Gasteiger partial charge in [0.05, 0.1) is 28.8 Å². The van der Waals surface area contributed by atoms with Crippen LogP contribution in [0.25, 0.3) is 0 Å². The Morgan fingerprint density at radius 3 is 2.73 bits per heavy atom. The Morgan fingerprint density at radius 2 is 2.13 bits per heavy atom. The molecule has 82 valence electrons. The van der Waals surface area contributed by atoms with Gasteiger partial charge >= 0.3 is 0 Å². The Hall–Kier alpha value is -1.21. The zero-order valence-corrected chi connectivity index (χ0v) is 8.97. The average molecular weight is 229 g/mol. The highest BCUT2D eigenvalue weighted by Gasteiger charge is 2.29. The Morgan fingerprint density at radius 1 is 1.47 bits per heavy atom. The van der Waals surface area contributed by atoms with Crippen molar-refractivity contribution in [2.24, 2.45) is 5.73 Å². The van der Waals surface area contributed by atoms with E-state index in [9.17, 15) is 13.2 Å². The molecule has 7 heteroatoms. The molecule has 0 aliphatic carbocycles. The lowest BCUT2D eigenvalue weighted by Gasteiger charge is -2.05. The molecule has 1 unspecified atom stereocenters. The fourth-order valence-electron chi connectivity index (χ4n) is 1.53. The summed E-state index contributed by atoms with van der Waals surface area (Å²) in [6, 6.07) is -0.411. The van der Waals surface area contributed by atoms with Crippen LogP contribution >= 0.6 is 0 Å². The number of hydrogen-bond acceptors (Lipinski definition) is 5. The van der Waals surface area contributed by atoms with Crippen LogP contribution in [0.1, 0.15) is 30.0 Å². The van der Waals surface area contributed by atoms with Gasteiger partial charge in [-0.3, -0.25) is 4.79 Å². The molecule has 0 spiro atoms. The monoisotopic (exact) mass is 229 g/mol. The normalized spacial score (nSPS) is 19.9. The summed E-state index contributed by atoms with van der Waals surface area (Å²) in [6.45, 7) is 1.67. The van der Waals surface area contributed by atoms with Crippen molar-refractivity contribution >= 4 is 9.84 Å². The van der Waals surface area contributed by atoms with Crippen molar-refractivity contribution in [3.8, 4) is 0 Å². The van der Waals surface area contributed by atoms with Gasteiger partial charge in [0.2, 0.25) is 0 Å². The number of hydrogen-bond donors (Lipinski definition) is 2. The summed E-state index contributed by atoms with van der Waals surface area (Å²) in [5.74, 6) is -0.0496. The number of aromatic nitrogens is 2. The van der Waals surface area contributed by atoms with Crippen LogP contribution in [0.2, 0.25) is 0 Å². The van der Waals surface area contributed by atoms with E-state index in [1.165, 1.54) is 0 Å². The molecule has 1 aromatic rings. The minimum Gasteiger partial charge on any atom is -0.322 e. The minimum atomic E-state index is -3.19. The van der Waals surface area contributed by atoms with Gasteiger partial charge in [-0.1, -0.05) is 0 Å². The summed E-state index contributed by atoms with van der Waals surface area (Å²) >= 11 is 0. The smallest absolute Gasteiger partial charge is 0.255 e. The van der Waals surface area contributed by atoms with Crippen LogP contribution in [0.15, 0.2) is 4.79 Å². The van der Waals surface area contributed by atoms with E-state index in [0.717, 1.165) is 0 Å². The highest BCUT2D eigenvalue weighted by atomic mass is 32.2. The van der Waals surface area contributed by atoms with Gasteiger partial charge in [-0.25, -0.2) is 13.4 Å². The average Bonchev–Trinajstić information content (AvgIpc) is 2.39. The third kappa shape index (κ3) is 1.80. The molecule has 1 atom stereocenters. The fraction of sp³-hybridized carbons (Fsp3) is 0.500. The third-order valence-corrected chi connectivity index (χ3v) is 3.71. The van der Waals surface area contributed by atoms with E-state index in [4.69, 9.17) is 5.73 Å². The first kappa shape index (κ1) is 10.3. The molecule has 0 bridgehead atoms. The SMILES string of the molecule is CC(N)c1nc2c(c(=O)[nH]1)CS(=O)(=O)C2. The van der Waals surface area contributed by atoms with Gasteiger partial charge in [0.1, 0.15) is 5.82 Å². The lowest BCUT2D eigenvalue weighted by Crippen LogP contribution is -2.21. The molecule has 0 saturated carbocycles. The molecular formula is C8H11N3O3S. The summed E-state index contributed by atoms with van der Waals surface area (Å²) in [5.41, 5.74) is 5.76. The largest absolute Gasteiger partial charge is 0.322 e. The maximum absolute atomic E-state index is 11.5. The molecule has 2 heterocycles. The van der Waals surface area contributed by atoms with E-state index in [1.54, 1.807) is 6.92 Å². The summed E-state index contributed by atoms with van der Waals surface area (Å²) in [4.78, 5) is 18.0. The molecule has 0 radical (unpaired) electrons. The van der Waals surface area contributed by atoms with E-state index in [0.29, 0.717) is 11.5 Å². The van der Waals surface area contributed by atoms with Crippen molar-refractivity contribution in [3.63, 3.8) is 0 Å². The Balaban J connectivity index is 2.62. The maximum atomic E-state index is 11.5. The van der Waals surface area contributed by atoms with Crippen LogP contribution in [0.3, 0.4) is 0 Å². The molecule has 2 rings (SSSR count). The number of fused-ring (bicyclic) bond motifs is 1. The van der Waals surface area contributed by atoms with E-state index >= 15 is 0 Å². The van der Waals surface area contributed by atoms with Crippen LogP contribution in [0, 0.1) is 0 Å². The summed E-state index contributed by atoms with van der Waals surface area (Å²) in [6.07, 6.45) is 0. The van der Waals surface area contributed by atoms with Crippen LogP contribution in [0.5, 0.6) is 0 Å². The van der Waals surface area contributed by atoms with E-state index < -0.39 is 21.4 Å². The molecule has 3 N–H and O–H groups in total.